The number of halogens is 1. The number of rotatable bonds is 5. The molecule has 8 heteroatoms. The Morgan fingerprint density at radius 1 is 1.39 bits per heavy atom. The predicted molar refractivity (Wildman–Crippen MR) is 101 cm³/mol. The van der Waals surface area contributed by atoms with Crippen molar-refractivity contribution < 1.29 is 13.2 Å². The van der Waals surface area contributed by atoms with E-state index < -0.39 is 9.84 Å². The maximum absolute atomic E-state index is 11.8. The van der Waals surface area contributed by atoms with Gasteiger partial charge in [-0.1, -0.05) is 31.2 Å². The highest BCUT2D eigenvalue weighted by atomic mass is 79.9. The Bertz CT molecular complexity index is 681. The average molecular weight is 421 g/mol. The zero-order valence-corrected chi connectivity index (χ0v) is 16.2. The van der Waals surface area contributed by atoms with Crippen molar-refractivity contribution in [3.05, 3.63) is 24.3 Å². The van der Waals surface area contributed by atoms with E-state index in [2.05, 4.69) is 6.92 Å². The van der Waals surface area contributed by atoms with Crippen LogP contribution in [-0.2, 0) is 9.84 Å². The van der Waals surface area contributed by atoms with E-state index in [1.165, 1.54) is 11.8 Å². The van der Waals surface area contributed by atoms with Crippen LogP contribution in [0.3, 0.4) is 0 Å². The summed E-state index contributed by atoms with van der Waals surface area (Å²) in [5, 5.41) is 8.56. The van der Waals surface area contributed by atoms with Crippen molar-refractivity contribution in [3.63, 3.8) is 0 Å². The van der Waals surface area contributed by atoms with E-state index in [0.29, 0.717) is 11.8 Å². The molecule has 1 aromatic rings. The minimum Gasteiger partial charge on any atom is -0.494 e. The molecule has 128 valence electrons. The zero-order chi connectivity index (χ0) is 15.7. The first-order valence-corrected chi connectivity index (χ1v) is 10.2. The maximum atomic E-state index is 11.8. The molecule has 2 aliphatic heterocycles. The third-order valence-corrected chi connectivity index (χ3v) is 7.08. The second-order valence-corrected chi connectivity index (χ2v) is 9.06. The third-order valence-electron chi connectivity index (χ3n) is 3.95. The number of unbranched alkanes of at least 4 members (excludes halogenated alkanes) is 1. The lowest BCUT2D eigenvalue weighted by Gasteiger charge is -2.24. The van der Waals surface area contributed by atoms with Crippen LogP contribution in [0, 0.1) is 5.41 Å². The minimum atomic E-state index is -2.99. The molecule has 0 amide bonds. The molecule has 0 aromatic heterocycles. The summed E-state index contributed by atoms with van der Waals surface area (Å²) in [4.78, 5) is 1.84. The molecule has 1 aromatic carbocycles. The van der Waals surface area contributed by atoms with Crippen molar-refractivity contribution in [2.45, 2.75) is 31.1 Å². The molecule has 2 saturated heterocycles. The molecule has 0 bridgehead atoms. The van der Waals surface area contributed by atoms with Crippen LogP contribution in [0.25, 0.3) is 0 Å². The first-order chi connectivity index (χ1) is 10.5. The van der Waals surface area contributed by atoms with E-state index in [1.807, 2.05) is 29.2 Å². The second-order valence-electron chi connectivity index (χ2n) is 5.68. The van der Waals surface area contributed by atoms with Crippen LogP contribution in [0.1, 0.15) is 19.8 Å². The number of hydrogen-bond acceptors (Lipinski definition) is 5. The van der Waals surface area contributed by atoms with Gasteiger partial charge in [-0.3, -0.25) is 5.41 Å². The summed E-state index contributed by atoms with van der Waals surface area (Å²) in [6.45, 7) is 2.79. The number of ether oxygens (including phenoxy) is 1. The second kappa shape index (κ2) is 7.44. The molecular formula is C15H21BrN2O3S2. The molecule has 1 N–H and O–H groups in total. The van der Waals surface area contributed by atoms with Crippen LogP contribution in [0.5, 0.6) is 5.75 Å². The fourth-order valence-corrected chi connectivity index (χ4v) is 6.66. The van der Waals surface area contributed by atoms with Crippen molar-refractivity contribution in [3.8, 4) is 5.75 Å². The summed E-state index contributed by atoms with van der Waals surface area (Å²) in [5.41, 5.74) is 0.844. The van der Waals surface area contributed by atoms with Gasteiger partial charge in [0.25, 0.3) is 0 Å². The third kappa shape index (κ3) is 4.03. The Morgan fingerprint density at radius 2 is 2.17 bits per heavy atom. The van der Waals surface area contributed by atoms with E-state index >= 15 is 0 Å². The highest BCUT2D eigenvalue weighted by molar-refractivity contribution is 8.93. The van der Waals surface area contributed by atoms with Crippen LogP contribution in [0.4, 0.5) is 5.69 Å². The Kier molecular flexibility index (Phi) is 6.02. The molecule has 5 nitrogen and oxygen atoms in total. The SMILES string of the molecule is Br.CCCCOc1cccc(N2C(=N)S[C@@H]3CS(=O)(=O)C[C@@H]32)c1. The largest absolute Gasteiger partial charge is 0.494 e. The quantitative estimate of drug-likeness (QED) is 0.740. The van der Waals surface area contributed by atoms with Crippen LogP contribution < -0.4 is 9.64 Å². The zero-order valence-electron chi connectivity index (χ0n) is 12.9. The monoisotopic (exact) mass is 420 g/mol. The summed E-state index contributed by atoms with van der Waals surface area (Å²) in [6.07, 6.45) is 2.08. The van der Waals surface area contributed by atoms with Gasteiger partial charge in [0.1, 0.15) is 5.75 Å². The van der Waals surface area contributed by atoms with Crippen molar-refractivity contribution in [1.82, 2.24) is 0 Å². The first kappa shape index (κ1) is 18.6. The Morgan fingerprint density at radius 3 is 2.91 bits per heavy atom. The van der Waals surface area contributed by atoms with Gasteiger partial charge in [0.2, 0.25) is 0 Å². The molecular weight excluding hydrogens is 400 g/mol. The Hall–Kier alpha value is -0.730. The number of fused-ring (bicyclic) bond motifs is 1. The number of sulfone groups is 1. The van der Waals surface area contributed by atoms with Gasteiger partial charge in [0.05, 0.1) is 24.2 Å². The maximum Gasteiger partial charge on any atom is 0.161 e. The molecule has 2 fully saturated rings. The lowest BCUT2D eigenvalue weighted by atomic mass is 10.2. The van der Waals surface area contributed by atoms with E-state index in [0.717, 1.165) is 24.3 Å². The normalized spacial score (nSPS) is 25.1. The van der Waals surface area contributed by atoms with Gasteiger partial charge in [-0.25, -0.2) is 8.42 Å². The molecule has 2 aliphatic rings. The van der Waals surface area contributed by atoms with E-state index in [-0.39, 0.29) is 39.8 Å². The van der Waals surface area contributed by atoms with Gasteiger partial charge < -0.3 is 9.64 Å². The Balaban J connectivity index is 0.00000192. The van der Waals surface area contributed by atoms with E-state index in [1.54, 1.807) is 0 Å². The molecule has 0 spiro atoms. The predicted octanol–water partition coefficient (Wildman–Crippen LogP) is 3.10. The number of nitrogens with zero attached hydrogens (tertiary/aromatic N) is 1. The van der Waals surface area contributed by atoms with Crippen molar-refractivity contribution >= 4 is 49.4 Å². The number of nitrogens with one attached hydrogen (secondary N) is 1. The van der Waals surface area contributed by atoms with Crippen LogP contribution in [0.15, 0.2) is 24.3 Å². The van der Waals surface area contributed by atoms with Crippen molar-refractivity contribution in [1.29, 1.82) is 5.41 Å². The molecule has 0 saturated carbocycles. The number of benzene rings is 1. The fourth-order valence-electron chi connectivity index (χ4n) is 2.87. The molecule has 2 atom stereocenters. The van der Waals surface area contributed by atoms with Crippen LogP contribution in [-0.4, -0.2) is 43.0 Å². The smallest absolute Gasteiger partial charge is 0.161 e. The lowest BCUT2D eigenvalue weighted by Crippen LogP contribution is -2.37. The molecule has 23 heavy (non-hydrogen) atoms. The average Bonchev–Trinajstić information content (AvgIpc) is 2.89. The molecule has 0 aliphatic carbocycles. The van der Waals surface area contributed by atoms with E-state index in [9.17, 15) is 8.42 Å². The van der Waals surface area contributed by atoms with Gasteiger partial charge >= 0.3 is 0 Å². The summed E-state index contributed by atoms with van der Waals surface area (Å²) in [5.74, 6) is 1.08. The molecule has 0 radical (unpaired) electrons. The number of thioether (sulfide) groups is 1. The minimum absolute atomic E-state index is 0. The topological polar surface area (TPSA) is 70.5 Å². The summed E-state index contributed by atoms with van der Waals surface area (Å²) in [6, 6.07) is 7.47. The fraction of sp³-hybridized carbons (Fsp3) is 0.533. The standard InChI is InChI=1S/C15H20N2O3S2.BrH/c1-2-3-7-20-12-6-4-5-11(8-12)17-13-9-22(18,19)10-14(13)21-15(17)16;/h4-6,8,13-14,16H,2-3,7,9-10H2,1H3;1H/t13-,14+;/m0./s1. The van der Waals surface area contributed by atoms with Crippen molar-refractivity contribution in [2.24, 2.45) is 0 Å². The highest BCUT2D eigenvalue weighted by Crippen LogP contribution is 2.40. The van der Waals surface area contributed by atoms with Gasteiger partial charge in [-0.05, 0) is 18.6 Å². The van der Waals surface area contributed by atoms with E-state index in [4.69, 9.17) is 10.1 Å². The van der Waals surface area contributed by atoms with Crippen LogP contribution >= 0.6 is 28.7 Å². The first-order valence-electron chi connectivity index (χ1n) is 7.48. The van der Waals surface area contributed by atoms with Crippen molar-refractivity contribution in [2.75, 3.05) is 23.0 Å². The number of anilines is 1. The van der Waals surface area contributed by atoms with Gasteiger partial charge in [0.15, 0.2) is 15.0 Å². The number of hydrogen-bond donors (Lipinski definition) is 1. The van der Waals surface area contributed by atoms with Gasteiger partial charge in [-0.2, -0.15) is 0 Å². The summed E-state index contributed by atoms with van der Waals surface area (Å²) < 4.78 is 29.4. The summed E-state index contributed by atoms with van der Waals surface area (Å²) >= 11 is 1.36. The molecule has 3 rings (SSSR count). The highest BCUT2D eigenvalue weighted by Gasteiger charge is 2.48. The molecule has 2 heterocycles. The molecule has 0 unspecified atom stereocenters. The van der Waals surface area contributed by atoms with Crippen LogP contribution in [0.2, 0.25) is 0 Å². The van der Waals surface area contributed by atoms with Gasteiger partial charge in [0, 0.05) is 17.0 Å². The lowest BCUT2D eigenvalue weighted by molar-refractivity contribution is 0.309. The summed E-state index contributed by atoms with van der Waals surface area (Å²) in [7, 11) is -2.99. The Labute approximate surface area is 152 Å². The van der Waals surface area contributed by atoms with Gasteiger partial charge in [-0.15, -0.1) is 17.0 Å². The number of amidine groups is 1.